The van der Waals surface area contributed by atoms with Crippen molar-refractivity contribution in [2.75, 3.05) is 51.1 Å². The van der Waals surface area contributed by atoms with Crippen LogP contribution >= 0.6 is 0 Å². The molecule has 6 nitrogen and oxygen atoms in total. The number of likely N-dealkylation sites (tertiary alicyclic amines) is 1. The number of urea groups is 1. The van der Waals surface area contributed by atoms with Crippen molar-refractivity contribution in [3.63, 3.8) is 0 Å². The number of hydrogen-bond acceptors (Lipinski definition) is 3. The Morgan fingerprint density at radius 2 is 1.44 bits per heavy atom. The van der Waals surface area contributed by atoms with E-state index in [2.05, 4.69) is 22.1 Å². The fourth-order valence-electron chi connectivity index (χ4n) is 4.09. The molecule has 32 heavy (non-hydrogen) atoms. The van der Waals surface area contributed by atoms with Crippen molar-refractivity contribution in [3.05, 3.63) is 65.7 Å². The lowest BCUT2D eigenvalue weighted by atomic mass is 10.1. The van der Waals surface area contributed by atoms with Crippen LogP contribution in [0.25, 0.3) is 0 Å². The predicted molar refractivity (Wildman–Crippen MR) is 126 cm³/mol. The second-order valence-electron chi connectivity index (χ2n) is 8.33. The quantitative estimate of drug-likeness (QED) is 0.761. The van der Waals surface area contributed by atoms with Crippen LogP contribution in [0.1, 0.15) is 30.4 Å². The summed E-state index contributed by atoms with van der Waals surface area (Å²) in [7, 11) is 0. The number of amides is 3. The zero-order valence-corrected chi connectivity index (χ0v) is 18.4. The first kappa shape index (κ1) is 21.9. The molecule has 2 aliphatic rings. The van der Waals surface area contributed by atoms with Gasteiger partial charge in [0.2, 0.25) is 5.91 Å². The smallest absolute Gasteiger partial charge is 0.321 e. The lowest BCUT2D eigenvalue weighted by Crippen LogP contribution is -2.52. The van der Waals surface area contributed by atoms with Gasteiger partial charge in [-0.25, -0.2) is 4.79 Å². The highest BCUT2D eigenvalue weighted by Gasteiger charge is 2.24. The third kappa shape index (κ3) is 6.12. The van der Waals surface area contributed by atoms with Crippen LogP contribution in [0.2, 0.25) is 0 Å². The Balaban J connectivity index is 1.26. The first-order valence-electron chi connectivity index (χ1n) is 11.4. The normalized spacial score (nSPS) is 16.8. The van der Waals surface area contributed by atoms with Crippen molar-refractivity contribution in [1.29, 1.82) is 0 Å². The maximum atomic E-state index is 12.7. The van der Waals surface area contributed by atoms with E-state index >= 15 is 0 Å². The highest BCUT2D eigenvalue weighted by atomic mass is 16.2. The minimum Gasteiger partial charge on any atom is -0.342 e. The first-order chi connectivity index (χ1) is 15.7. The molecular weight excluding hydrogens is 400 g/mol. The Morgan fingerprint density at radius 1 is 0.750 bits per heavy atom. The molecule has 166 valence electrons. The van der Waals surface area contributed by atoms with Gasteiger partial charge in [0, 0.05) is 56.1 Å². The predicted octanol–water partition coefficient (Wildman–Crippen LogP) is 3.25. The van der Waals surface area contributed by atoms with E-state index in [-0.39, 0.29) is 11.9 Å². The van der Waals surface area contributed by atoms with E-state index in [0.717, 1.165) is 55.8 Å². The molecule has 0 bridgehead atoms. The van der Waals surface area contributed by atoms with Crippen LogP contribution in [0.15, 0.2) is 54.6 Å². The molecule has 0 aliphatic carbocycles. The number of nitrogens with zero attached hydrogens (tertiary/aromatic N) is 3. The molecule has 2 heterocycles. The molecule has 0 aromatic heterocycles. The summed E-state index contributed by atoms with van der Waals surface area (Å²) in [6.07, 6.45) is 3.44. The topological polar surface area (TPSA) is 55.9 Å². The lowest BCUT2D eigenvalue weighted by Gasteiger charge is -2.36. The molecular formula is C26H30N4O2. The van der Waals surface area contributed by atoms with Crippen molar-refractivity contribution < 1.29 is 9.59 Å². The van der Waals surface area contributed by atoms with Crippen molar-refractivity contribution in [1.82, 2.24) is 14.7 Å². The standard InChI is InChI=1S/C26H30N4O2/c31-25(29-14-5-2-6-15-29)21-28-16-18-30(19-17-28)26(32)27-24-11-7-10-23(20-24)13-12-22-8-3-1-4-9-22/h1,3-4,7-11,20H,2,5-6,14-19,21H2,(H,27,32). The highest BCUT2D eigenvalue weighted by molar-refractivity contribution is 5.89. The van der Waals surface area contributed by atoms with E-state index in [0.29, 0.717) is 19.6 Å². The molecule has 2 aromatic rings. The van der Waals surface area contributed by atoms with Gasteiger partial charge in [0.1, 0.15) is 0 Å². The van der Waals surface area contributed by atoms with E-state index in [4.69, 9.17) is 0 Å². The molecule has 3 amide bonds. The SMILES string of the molecule is O=C(CN1CCN(C(=O)Nc2cccc(C#Cc3ccccc3)c2)CC1)N1CCCCC1. The van der Waals surface area contributed by atoms with Gasteiger partial charge in [-0.2, -0.15) is 0 Å². The fraction of sp³-hybridized carbons (Fsp3) is 0.385. The van der Waals surface area contributed by atoms with Gasteiger partial charge in [-0.15, -0.1) is 0 Å². The second-order valence-corrected chi connectivity index (χ2v) is 8.33. The van der Waals surface area contributed by atoms with Gasteiger partial charge in [0.05, 0.1) is 6.54 Å². The Labute approximate surface area is 190 Å². The van der Waals surface area contributed by atoms with Crippen LogP contribution in [0.5, 0.6) is 0 Å². The molecule has 0 spiro atoms. The minimum absolute atomic E-state index is 0.111. The van der Waals surface area contributed by atoms with Gasteiger partial charge < -0.3 is 15.1 Å². The van der Waals surface area contributed by atoms with E-state index in [9.17, 15) is 9.59 Å². The molecule has 2 aliphatic heterocycles. The van der Waals surface area contributed by atoms with Crippen molar-refractivity contribution in [2.45, 2.75) is 19.3 Å². The average molecular weight is 431 g/mol. The van der Waals surface area contributed by atoms with E-state index in [1.165, 1.54) is 6.42 Å². The Hall–Kier alpha value is -3.30. The van der Waals surface area contributed by atoms with E-state index < -0.39 is 0 Å². The molecule has 4 rings (SSSR count). The third-order valence-corrected chi connectivity index (χ3v) is 5.97. The van der Waals surface area contributed by atoms with E-state index in [1.807, 2.05) is 64.4 Å². The van der Waals surface area contributed by atoms with Crippen molar-refractivity contribution >= 4 is 17.6 Å². The summed E-state index contributed by atoms with van der Waals surface area (Å²) in [4.78, 5) is 31.1. The van der Waals surface area contributed by atoms with Gasteiger partial charge in [-0.1, -0.05) is 36.1 Å². The molecule has 0 unspecified atom stereocenters. The largest absolute Gasteiger partial charge is 0.342 e. The maximum Gasteiger partial charge on any atom is 0.321 e. The number of rotatable bonds is 3. The van der Waals surface area contributed by atoms with Crippen LogP contribution < -0.4 is 5.32 Å². The summed E-state index contributed by atoms with van der Waals surface area (Å²) in [5.41, 5.74) is 2.55. The summed E-state index contributed by atoms with van der Waals surface area (Å²) in [5, 5.41) is 2.98. The molecule has 2 saturated heterocycles. The molecule has 2 fully saturated rings. The molecule has 0 saturated carbocycles. The fourth-order valence-corrected chi connectivity index (χ4v) is 4.09. The summed E-state index contributed by atoms with van der Waals surface area (Å²) in [6, 6.07) is 17.3. The number of carbonyl (C=O) groups is 2. The van der Waals surface area contributed by atoms with Crippen molar-refractivity contribution in [2.24, 2.45) is 0 Å². The van der Waals surface area contributed by atoms with Gasteiger partial charge in [-0.3, -0.25) is 9.69 Å². The number of benzene rings is 2. The number of piperazine rings is 1. The highest BCUT2D eigenvalue weighted by Crippen LogP contribution is 2.13. The maximum absolute atomic E-state index is 12.7. The van der Waals surface area contributed by atoms with Gasteiger partial charge in [0.15, 0.2) is 0 Å². The number of hydrogen-bond donors (Lipinski definition) is 1. The molecule has 0 atom stereocenters. The lowest BCUT2D eigenvalue weighted by molar-refractivity contribution is -0.133. The summed E-state index contributed by atoms with van der Waals surface area (Å²) >= 11 is 0. The summed E-state index contributed by atoms with van der Waals surface area (Å²) in [6.45, 7) is 4.90. The van der Waals surface area contributed by atoms with Crippen LogP contribution in [0, 0.1) is 11.8 Å². The summed E-state index contributed by atoms with van der Waals surface area (Å²) < 4.78 is 0. The number of carbonyl (C=O) groups excluding carboxylic acids is 2. The average Bonchev–Trinajstić information content (AvgIpc) is 2.84. The van der Waals surface area contributed by atoms with Gasteiger partial charge in [0.25, 0.3) is 0 Å². The number of anilines is 1. The number of piperidine rings is 1. The first-order valence-corrected chi connectivity index (χ1v) is 11.4. The molecule has 6 heteroatoms. The van der Waals surface area contributed by atoms with Crippen LogP contribution in [-0.4, -0.2) is 72.5 Å². The van der Waals surface area contributed by atoms with E-state index in [1.54, 1.807) is 0 Å². The summed E-state index contributed by atoms with van der Waals surface area (Å²) in [5.74, 6) is 6.51. The molecule has 1 N–H and O–H groups in total. The van der Waals surface area contributed by atoms with Crippen LogP contribution in [-0.2, 0) is 4.79 Å². The van der Waals surface area contributed by atoms with Gasteiger partial charge >= 0.3 is 6.03 Å². The van der Waals surface area contributed by atoms with Crippen LogP contribution in [0.3, 0.4) is 0 Å². The molecule has 0 radical (unpaired) electrons. The van der Waals surface area contributed by atoms with Crippen molar-refractivity contribution in [3.8, 4) is 11.8 Å². The van der Waals surface area contributed by atoms with Gasteiger partial charge in [-0.05, 0) is 49.6 Å². The Bertz CT molecular complexity index is 982. The Kier molecular flexibility index (Phi) is 7.42. The third-order valence-electron chi connectivity index (χ3n) is 5.97. The zero-order chi connectivity index (χ0) is 22.2. The monoisotopic (exact) mass is 430 g/mol. The Morgan fingerprint density at radius 3 is 2.19 bits per heavy atom. The zero-order valence-electron chi connectivity index (χ0n) is 18.4. The molecule has 2 aromatic carbocycles. The minimum atomic E-state index is -0.111. The van der Waals surface area contributed by atoms with Crippen LogP contribution in [0.4, 0.5) is 10.5 Å². The second kappa shape index (κ2) is 10.8. The number of nitrogens with one attached hydrogen (secondary N) is 1.